The maximum atomic E-state index is 13.7. The molecule has 0 saturated heterocycles. The largest absolute Gasteiger partial charge is 0.417 e. The Kier molecular flexibility index (Phi) is 11.4. The highest BCUT2D eigenvalue weighted by Crippen LogP contribution is 2.37. The van der Waals surface area contributed by atoms with Crippen molar-refractivity contribution in [1.29, 1.82) is 0 Å². The number of nitrogens with zero attached hydrogens (tertiary/aromatic N) is 2. The predicted molar refractivity (Wildman–Crippen MR) is 148 cm³/mol. The zero-order valence-electron chi connectivity index (χ0n) is 21.7. The normalized spacial score (nSPS) is 12.8. The second kappa shape index (κ2) is 13.4. The van der Waals surface area contributed by atoms with Gasteiger partial charge in [-0.2, -0.15) is 13.2 Å². The van der Waals surface area contributed by atoms with Crippen LogP contribution in [0.5, 0.6) is 0 Å². The Hall–Kier alpha value is -2.21. The second-order valence-corrected chi connectivity index (χ2v) is 12.4. The lowest BCUT2D eigenvalue weighted by atomic mass is 10.1. The maximum Gasteiger partial charge on any atom is 0.417 e. The first-order chi connectivity index (χ1) is 17.9. The minimum absolute atomic E-state index is 0.124. The topological polar surface area (TPSA) is 86.8 Å². The molecule has 14 heteroatoms. The molecule has 0 heterocycles. The van der Waals surface area contributed by atoms with E-state index < -0.39 is 56.9 Å². The SMILES string of the molecule is CC[C@H](C(=O)NCC(C)C)N(Cc1ccc(Cl)c(Cl)c1)C(=O)CN(c1ccc(Cl)c(C(F)(F)F)c1)S(C)(=O)=O. The number of amides is 2. The maximum absolute atomic E-state index is 13.7. The van der Waals surface area contributed by atoms with E-state index in [4.69, 9.17) is 34.8 Å². The van der Waals surface area contributed by atoms with Crippen molar-refractivity contribution >= 4 is 62.3 Å². The molecule has 2 aromatic carbocycles. The Morgan fingerprint density at radius 2 is 1.62 bits per heavy atom. The van der Waals surface area contributed by atoms with Crippen LogP contribution >= 0.6 is 34.8 Å². The molecule has 0 spiro atoms. The number of nitrogens with one attached hydrogen (secondary N) is 1. The summed E-state index contributed by atoms with van der Waals surface area (Å²) in [5.74, 6) is -1.16. The minimum Gasteiger partial charge on any atom is -0.354 e. The summed E-state index contributed by atoms with van der Waals surface area (Å²) in [6.45, 7) is 4.79. The van der Waals surface area contributed by atoms with Gasteiger partial charge in [-0.1, -0.05) is 61.6 Å². The standard InChI is InChI=1S/C25H29Cl3F3N3O4S/c1-5-22(24(36)32-12-15(2)3)33(13-16-6-8-20(27)21(28)10-16)23(35)14-34(39(4,37)38)17-7-9-19(26)18(11-17)25(29,30)31/h6-11,15,22H,5,12-14H2,1-4H3,(H,32,36)/t22-/m1/s1. The van der Waals surface area contributed by atoms with Gasteiger partial charge in [0.1, 0.15) is 12.6 Å². The van der Waals surface area contributed by atoms with Crippen LogP contribution < -0.4 is 9.62 Å². The predicted octanol–water partition coefficient (Wildman–Crippen LogP) is 6.01. The van der Waals surface area contributed by atoms with Gasteiger partial charge in [-0.15, -0.1) is 0 Å². The smallest absolute Gasteiger partial charge is 0.354 e. The van der Waals surface area contributed by atoms with Crippen LogP contribution in [0, 0.1) is 5.92 Å². The molecule has 0 saturated carbocycles. The highest BCUT2D eigenvalue weighted by atomic mass is 35.5. The fourth-order valence-corrected chi connectivity index (χ4v) is 5.06. The third-order valence-corrected chi connectivity index (χ3v) is 7.84. The molecule has 0 radical (unpaired) electrons. The number of halogens is 6. The number of carbonyl (C=O) groups is 2. The van der Waals surface area contributed by atoms with Crippen molar-refractivity contribution < 1.29 is 31.2 Å². The lowest BCUT2D eigenvalue weighted by Gasteiger charge is -2.33. The Morgan fingerprint density at radius 1 is 1.00 bits per heavy atom. The molecule has 0 fully saturated rings. The van der Waals surface area contributed by atoms with Crippen LogP contribution in [0.4, 0.5) is 18.9 Å². The third-order valence-electron chi connectivity index (χ3n) is 5.63. The van der Waals surface area contributed by atoms with Crippen molar-refractivity contribution in [3.8, 4) is 0 Å². The molecule has 39 heavy (non-hydrogen) atoms. The van der Waals surface area contributed by atoms with E-state index in [2.05, 4.69) is 5.32 Å². The number of benzene rings is 2. The quantitative estimate of drug-likeness (QED) is 0.330. The minimum atomic E-state index is -4.86. The molecule has 2 rings (SSSR count). The van der Waals surface area contributed by atoms with Crippen molar-refractivity contribution in [3.63, 3.8) is 0 Å². The van der Waals surface area contributed by atoms with E-state index in [-0.39, 0.29) is 28.9 Å². The van der Waals surface area contributed by atoms with Crippen molar-refractivity contribution in [1.82, 2.24) is 10.2 Å². The Balaban J connectivity index is 2.53. The fraction of sp³-hybridized carbons (Fsp3) is 0.440. The van der Waals surface area contributed by atoms with Gasteiger partial charge >= 0.3 is 6.18 Å². The number of sulfonamides is 1. The Bertz CT molecular complexity index is 1310. The van der Waals surface area contributed by atoms with Crippen molar-refractivity contribution in [2.24, 2.45) is 5.92 Å². The Morgan fingerprint density at radius 3 is 2.13 bits per heavy atom. The summed E-state index contributed by atoms with van der Waals surface area (Å²) in [7, 11) is -4.24. The average Bonchev–Trinajstić information content (AvgIpc) is 2.82. The van der Waals surface area contributed by atoms with Crippen molar-refractivity contribution in [2.75, 3.05) is 23.7 Å². The monoisotopic (exact) mass is 629 g/mol. The van der Waals surface area contributed by atoms with E-state index in [1.165, 1.54) is 17.0 Å². The molecule has 1 atom stereocenters. The van der Waals surface area contributed by atoms with Crippen molar-refractivity contribution in [2.45, 2.75) is 46.0 Å². The summed E-state index contributed by atoms with van der Waals surface area (Å²) in [4.78, 5) is 27.9. The van der Waals surface area contributed by atoms with Gasteiger partial charge < -0.3 is 10.2 Å². The van der Waals surface area contributed by atoms with E-state index >= 15 is 0 Å². The first-order valence-electron chi connectivity index (χ1n) is 11.8. The molecule has 0 aliphatic heterocycles. The highest BCUT2D eigenvalue weighted by molar-refractivity contribution is 7.92. The van der Waals surface area contributed by atoms with Crippen LogP contribution in [0.1, 0.15) is 38.3 Å². The molecule has 0 aromatic heterocycles. The molecule has 216 valence electrons. The summed E-state index contributed by atoms with van der Waals surface area (Å²) >= 11 is 17.8. The van der Waals surface area contributed by atoms with E-state index in [9.17, 15) is 31.2 Å². The number of anilines is 1. The lowest BCUT2D eigenvalue weighted by Crippen LogP contribution is -2.52. The van der Waals surface area contributed by atoms with Gasteiger partial charge in [0.2, 0.25) is 21.8 Å². The zero-order valence-corrected chi connectivity index (χ0v) is 24.7. The molecule has 0 bridgehead atoms. The van der Waals surface area contributed by atoms with Crippen LogP contribution in [0.3, 0.4) is 0 Å². The summed E-state index contributed by atoms with van der Waals surface area (Å²) < 4.78 is 66.2. The van der Waals surface area contributed by atoms with Gasteiger partial charge in [-0.25, -0.2) is 8.42 Å². The number of hydrogen-bond donors (Lipinski definition) is 1. The first kappa shape index (κ1) is 33.0. The van der Waals surface area contributed by atoms with Crippen LogP contribution in [0.2, 0.25) is 15.1 Å². The number of rotatable bonds is 11. The lowest BCUT2D eigenvalue weighted by molar-refractivity contribution is -0.140. The second-order valence-electron chi connectivity index (χ2n) is 9.26. The molecular formula is C25H29Cl3F3N3O4S. The zero-order chi connectivity index (χ0) is 29.7. The molecule has 2 amide bonds. The van der Waals surface area contributed by atoms with Crippen molar-refractivity contribution in [3.05, 3.63) is 62.6 Å². The van der Waals surface area contributed by atoms with Crippen LogP contribution in [-0.2, 0) is 32.3 Å². The number of carbonyl (C=O) groups excluding carboxylic acids is 2. The van der Waals surface area contributed by atoms with E-state index in [0.717, 1.165) is 18.4 Å². The van der Waals surface area contributed by atoms with Gasteiger partial charge in [-0.05, 0) is 48.2 Å². The summed E-state index contributed by atoms with van der Waals surface area (Å²) in [6.07, 6.45) is -3.92. The van der Waals surface area contributed by atoms with E-state index in [1.54, 1.807) is 13.0 Å². The van der Waals surface area contributed by atoms with E-state index in [0.29, 0.717) is 22.5 Å². The summed E-state index contributed by atoms with van der Waals surface area (Å²) in [5, 5.41) is 2.62. The van der Waals surface area contributed by atoms with Gasteiger partial charge in [-0.3, -0.25) is 13.9 Å². The Labute approximate surface area is 241 Å². The molecule has 7 nitrogen and oxygen atoms in total. The molecule has 0 aliphatic carbocycles. The summed E-state index contributed by atoms with van der Waals surface area (Å²) in [6, 6.07) is 6.14. The number of alkyl halides is 3. The first-order valence-corrected chi connectivity index (χ1v) is 14.8. The average molecular weight is 631 g/mol. The fourth-order valence-electron chi connectivity index (χ4n) is 3.68. The molecule has 0 aliphatic rings. The molecular weight excluding hydrogens is 602 g/mol. The molecule has 0 unspecified atom stereocenters. The van der Waals surface area contributed by atoms with Gasteiger partial charge in [0.25, 0.3) is 0 Å². The van der Waals surface area contributed by atoms with Gasteiger partial charge in [0.15, 0.2) is 0 Å². The van der Waals surface area contributed by atoms with Gasteiger partial charge in [0, 0.05) is 13.1 Å². The van der Waals surface area contributed by atoms with Gasteiger partial charge in [0.05, 0.1) is 32.6 Å². The molecule has 2 aromatic rings. The van der Waals surface area contributed by atoms with Crippen LogP contribution in [0.15, 0.2) is 36.4 Å². The summed E-state index contributed by atoms with van der Waals surface area (Å²) in [5.41, 5.74) is -1.16. The van der Waals surface area contributed by atoms with Crippen LogP contribution in [-0.4, -0.2) is 50.5 Å². The third kappa shape index (κ3) is 9.16. The molecule has 1 N–H and O–H groups in total. The van der Waals surface area contributed by atoms with Crippen LogP contribution in [0.25, 0.3) is 0 Å². The van der Waals surface area contributed by atoms with E-state index in [1.807, 2.05) is 13.8 Å². The highest BCUT2D eigenvalue weighted by Gasteiger charge is 2.36. The number of hydrogen-bond acceptors (Lipinski definition) is 4.